The highest BCUT2D eigenvalue weighted by atomic mass is 16.6. The highest BCUT2D eigenvalue weighted by Crippen LogP contribution is 2.27. The van der Waals surface area contributed by atoms with Gasteiger partial charge in [0.2, 0.25) is 11.1 Å². The lowest BCUT2D eigenvalue weighted by atomic mass is 9.87. The average molecular weight is 603 g/mol. The molecule has 0 heterocycles. The van der Waals surface area contributed by atoms with Crippen LogP contribution < -0.4 is 0 Å². The zero-order valence-corrected chi connectivity index (χ0v) is 28.2. The van der Waals surface area contributed by atoms with Crippen molar-refractivity contribution in [1.82, 2.24) is 0 Å². The number of nitrogens with zero attached hydrogens (tertiary/aromatic N) is 2. The third-order valence-electron chi connectivity index (χ3n) is 8.82. The first-order chi connectivity index (χ1) is 20.3. The van der Waals surface area contributed by atoms with Gasteiger partial charge in [0.25, 0.3) is 0 Å². The quantitative estimate of drug-likeness (QED) is 0.0478. The summed E-state index contributed by atoms with van der Waals surface area (Å²) in [4.78, 5) is 22.0. The molecular weight excluding hydrogens is 532 g/mol. The molecule has 0 amide bonds. The second-order valence-corrected chi connectivity index (χ2v) is 12.6. The molecule has 0 aromatic carbocycles. The maximum Gasteiger partial charge on any atom is 0.244 e. The van der Waals surface area contributed by atoms with E-state index in [-0.39, 0.29) is 23.1 Å². The van der Waals surface area contributed by atoms with Crippen LogP contribution in [0, 0.1) is 20.2 Å². The Kier molecular flexibility index (Phi) is 30.4. The lowest BCUT2D eigenvalue weighted by Crippen LogP contribution is -2.42. The molecule has 0 bridgehead atoms. The fraction of sp³-hybridized carbons (Fsp3) is 1.00. The first-order valence-electron chi connectivity index (χ1n) is 17.8. The van der Waals surface area contributed by atoms with Crippen molar-refractivity contribution < 1.29 is 20.1 Å². The van der Waals surface area contributed by atoms with E-state index in [1.165, 1.54) is 83.5 Å². The van der Waals surface area contributed by atoms with Gasteiger partial charge in [-0.3, -0.25) is 20.2 Å². The first kappa shape index (κ1) is 42.9. The molecule has 42 heavy (non-hydrogen) atoms. The fourth-order valence-electron chi connectivity index (χ4n) is 5.75. The van der Waals surface area contributed by atoms with E-state index in [2.05, 4.69) is 20.8 Å². The Morgan fingerprint density at radius 1 is 0.405 bits per heavy atom. The van der Waals surface area contributed by atoms with E-state index in [1.807, 2.05) is 6.92 Å². The number of hydrogen-bond acceptors (Lipinski definition) is 6. The van der Waals surface area contributed by atoms with Gasteiger partial charge in [-0.25, -0.2) is 0 Å². The molecule has 0 aliphatic heterocycles. The molecule has 0 aliphatic rings. The van der Waals surface area contributed by atoms with Gasteiger partial charge in [0.15, 0.2) is 0 Å². The topological polar surface area (TPSA) is 127 Å². The van der Waals surface area contributed by atoms with Crippen molar-refractivity contribution in [1.29, 1.82) is 0 Å². The van der Waals surface area contributed by atoms with Crippen molar-refractivity contribution in [3.63, 3.8) is 0 Å². The molecule has 2 unspecified atom stereocenters. The highest BCUT2D eigenvalue weighted by Gasteiger charge is 2.41. The molecule has 8 nitrogen and oxygen atoms in total. The van der Waals surface area contributed by atoms with E-state index in [1.54, 1.807) is 0 Å². The minimum Gasteiger partial charge on any atom is -0.389 e. The van der Waals surface area contributed by atoms with Gasteiger partial charge >= 0.3 is 0 Å². The molecule has 8 heteroatoms. The molecule has 252 valence electrons. The average Bonchev–Trinajstić information content (AvgIpc) is 2.98. The van der Waals surface area contributed by atoms with E-state index in [0.29, 0.717) is 25.7 Å². The van der Waals surface area contributed by atoms with Crippen molar-refractivity contribution >= 4 is 0 Å². The zero-order valence-electron chi connectivity index (χ0n) is 28.2. The number of unbranched alkanes of at least 4 members (excludes halogenated alkanes) is 18. The molecule has 0 saturated heterocycles. The van der Waals surface area contributed by atoms with Gasteiger partial charge in [-0.15, -0.1) is 0 Å². The van der Waals surface area contributed by atoms with Crippen LogP contribution in [-0.2, 0) is 0 Å². The van der Waals surface area contributed by atoms with Crippen molar-refractivity contribution in [2.24, 2.45) is 0 Å². The molecule has 0 saturated carbocycles. The molecule has 0 rings (SSSR count). The van der Waals surface area contributed by atoms with Gasteiger partial charge in [0.1, 0.15) is 13.2 Å². The van der Waals surface area contributed by atoms with Crippen LogP contribution in [0.3, 0.4) is 0 Å². The van der Waals surface area contributed by atoms with Gasteiger partial charge in [-0.1, -0.05) is 143 Å². The van der Waals surface area contributed by atoms with Crippen molar-refractivity contribution in [3.05, 3.63) is 20.2 Å². The van der Waals surface area contributed by atoms with E-state index >= 15 is 0 Å². The van der Waals surface area contributed by atoms with Gasteiger partial charge in [0.05, 0.1) is 0 Å². The van der Waals surface area contributed by atoms with Crippen LogP contribution >= 0.6 is 0 Å². The van der Waals surface area contributed by atoms with Crippen LogP contribution in [0.2, 0.25) is 0 Å². The maximum absolute atomic E-state index is 11.4. The molecule has 2 N–H and O–H groups in total. The number of aliphatic hydroxyl groups excluding tert-OH is 2. The third-order valence-corrected chi connectivity index (χ3v) is 8.82. The standard InChI is InChI=1S/C19H39NO3.C15H31NO3/c1-3-5-7-8-9-10-11-12-13-15-17-19(18-21,20(22)23)16-14-6-4-2;1-3-5-6-7-8-9-10-11-13-15(14-17,12-4-2)16(18)19/h21H,3-18H2,1-2H3;17H,3-14H2,1-2H3. The van der Waals surface area contributed by atoms with Crippen LogP contribution in [0.15, 0.2) is 0 Å². The summed E-state index contributed by atoms with van der Waals surface area (Å²) < 4.78 is 0. The zero-order chi connectivity index (χ0) is 32.0. The minimum atomic E-state index is -1.09. The summed E-state index contributed by atoms with van der Waals surface area (Å²) in [6.45, 7) is 7.82. The normalized spacial score (nSPS) is 14.0. The van der Waals surface area contributed by atoms with E-state index in [9.17, 15) is 30.4 Å². The number of aliphatic hydroxyl groups is 2. The molecule has 0 aromatic heterocycles. The van der Waals surface area contributed by atoms with Gasteiger partial charge in [-0.2, -0.15) is 0 Å². The molecule has 0 fully saturated rings. The van der Waals surface area contributed by atoms with Crippen molar-refractivity contribution in [2.45, 2.75) is 206 Å². The van der Waals surface area contributed by atoms with Crippen LogP contribution in [0.5, 0.6) is 0 Å². The van der Waals surface area contributed by atoms with Crippen LogP contribution in [0.25, 0.3) is 0 Å². The number of nitro groups is 2. The van der Waals surface area contributed by atoms with E-state index in [0.717, 1.165) is 57.8 Å². The smallest absolute Gasteiger partial charge is 0.244 e. The second-order valence-electron chi connectivity index (χ2n) is 12.6. The lowest BCUT2D eigenvalue weighted by molar-refractivity contribution is -0.576. The number of rotatable bonds is 30. The summed E-state index contributed by atoms with van der Waals surface area (Å²) in [5.74, 6) is 0. The molecule has 0 radical (unpaired) electrons. The predicted octanol–water partition coefficient (Wildman–Crippen LogP) is 10.2. The van der Waals surface area contributed by atoms with E-state index in [4.69, 9.17) is 0 Å². The Balaban J connectivity index is 0. The molecule has 0 aromatic rings. The summed E-state index contributed by atoms with van der Waals surface area (Å²) in [7, 11) is 0. The fourth-order valence-corrected chi connectivity index (χ4v) is 5.75. The highest BCUT2D eigenvalue weighted by molar-refractivity contribution is 4.79. The Morgan fingerprint density at radius 3 is 0.905 bits per heavy atom. The Hall–Kier alpha value is -1.28. The van der Waals surface area contributed by atoms with Crippen LogP contribution in [0.1, 0.15) is 195 Å². The molecular formula is C34H70N2O6. The van der Waals surface area contributed by atoms with Gasteiger partial charge in [0, 0.05) is 35.5 Å². The van der Waals surface area contributed by atoms with Crippen LogP contribution in [0.4, 0.5) is 0 Å². The monoisotopic (exact) mass is 603 g/mol. The second kappa shape index (κ2) is 29.8. The van der Waals surface area contributed by atoms with Crippen molar-refractivity contribution in [3.8, 4) is 0 Å². The summed E-state index contributed by atoms with van der Waals surface area (Å²) in [6, 6.07) is 0. The first-order valence-corrected chi connectivity index (χ1v) is 17.8. The summed E-state index contributed by atoms with van der Waals surface area (Å²) in [5, 5.41) is 41.4. The summed E-state index contributed by atoms with van der Waals surface area (Å²) in [6.07, 6.45) is 27.4. The van der Waals surface area contributed by atoms with Crippen LogP contribution in [-0.4, -0.2) is 44.4 Å². The van der Waals surface area contributed by atoms with E-state index < -0.39 is 11.1 Å². The predicted molar refractivity (Wildman–Crippen MR) is 176 cm³/mol. The number of hydrogen-bond donors (Lipinski definition) is 2. The Bertz CT molecular complexity index is 621. The van der Waals surface area contributed by atoms with Gasteiger partial charge in [-0.05, 0) is 25.7 Å². The van der Waals surface area contributed by atoms with Gasteiger partial charge < -0.3 is 10.2 Å². The van der Waals surface area contributed by atoms with Crippen molar-refractivity contribution in [2.75, 3.05) is 13.2 Å². The largest absolute Gasteiger partial charge is 0.389 e. The Morgan fingerprint density at radius 2 is 0.643 bits per heavy atom. The third kappa shape index (κ3) is 21.4. The minimum absolute atomic E-state index is 0.226. The lowest BCUT2D eigenvalue weighted by Gasteiger charge is -2.23. The molecule has 2 atom stereocenters. The summed E-state index contributed by atoms with van der Waals surface area (Å²) in [5.41, 5.74) is -2.17. The SMILES string of the molecule is CCCCCCCCCCC(CO)(CCC)[N+](=O)[O-].CCCCCCCCCCCCC(CO)(CCCCC)[N+](=O)[O-]. The Labute approximate surface area is 259 Å². The summed E-state index contributed by atoms with van der Waals surface area (Å²) >= 11 is 0. The maximum atomic E-state index is 11.4. The molecule has 0 aliphatic carbocycles. The molecule has 0 spiro atoms.